The van der Waals surface area contributed by atoms with Gasteiger partial charge in [0.15, 0.2) is 12.6 Å². The Balaban J connectivity index is 1.48. The van der Waals surface area contributed by atoms with Crippen molar-refractivity contribution in [2.45, 2.75) is 111 Å². The second-order valence-corrected chi connectivity index (χ2v) is 10.7. The van der Waals surface area contributed by atoms with E-state index in [0.717, 1.165) is 0 Å². The number of nitrogens with two attached hydrogens (primary N) is 6. The number of hydrogen-bond donors (Lipinski definition) is 11. The van der Waals surface area contributed by atoms with Crippen molar-refractivity contribution in [2.24, 2.45) is 34.4 Å². The summed E-state index contributed by atoms with van der Waals surface area (Å²) in [6.45, 7) is -0.596. The monoisotopic (exact) mass is 580 g/mol. The first kappa shape index (κ1) is 31.8. The van der Waals surface area contributed by atoms with E-state index in [0.29, 0.717) is 12.2 Å². The summed E-state index contributed by atoms with van der Waals surface area (Å²) in [5, 5.41) is 52.4. The Morgan fingerprint density at radius 1 is 0.725 bits per heavy atom. The fourth-order valence-corrected chi connectivity index (χ4v) is 5.40. The standard InChI is InChI=1S/C23H44N6O11/c24-4-7-1-2-8(26)21(35-7)38-18-10(28)3-9(27)14(31)20(18)40-23-17(34)19(12(6-30)37-23)39-22-13(29)16(33)15(32)11(5-25)36-22/h1,8-23,30-34H,2-6,24-29H2/t8-,9-,10+,11+,12-,13-,14+,15+,16-,17-,18-,19-,20-,21-,22-,23+/m1/s1. The lowest BCUT2D eigenvalue weighted by Crippen LogP contribution is -2.65. The maximum Gasteiger partial charge on any atom is 0.215 e. The van der Waals surface area contributed by atoms with Crippen LogP contribution in [0.5, 0.6) is 0 Å². The van der Waals surface area contributed by atoms with Crippen LogP contribution in [-0.4, -0.2) is 143 Å². The molecule has 40 heavy (non-hydrogen) atoms. The predicted octanol–water partition coefficient (Wildman–Crippen LogP) is -6.71. The second kappa shape index (κ2) is 13.5. The maximum atomic E-state index is 11.1. The zero-order valence-corrected chi connectivity index (χ0v) is 22.0. The van der Waals surface area contributed by atoms with E-state index in [1.165, 1.54) is 0 Å². The summed E-state index contributed by atoms with van der Waals surface area (Å²) in [6, 6.07) is -3.24. The molecule has 1 saturated carbocycles. The third-order valence-corrected chi connectivity index (χ3v) is 7.83. The molecule has 0 unspecified atom stereocenters. The van der Waals surface area contributed by atoms with E-state index in [1.807, 2.05) is 0 Å². The lowest BCUT2D eigenvalue weighted by atomic mass is 9.84. The van der Waals surface area contributed by atoms with Crippen LogP contribution in [0.2, 0.25) is 0 Å². The van der Waals surface area contributed by atoms with Crippen molar-refractivity contribution in [3.05, 3.63) is 11.8 Å². The Morgan fingerprint density at radius 3 is 2.02 bits per heavy atom. The van der Waals surface area contributed by atoms with Crippen LogP contribution in [0, 0.1) is 0 Å². The molecule has 0 aromatic rings. The van der Waals surface area contributed by atoms with Crippen molar-refractivity contribution in [2.75, 3.05) is 19.7 Å². The first-order valence-corrected chi connectivity index (χ1v) is 13.4. The molecular formula is C23H44N6O11. The van der Waals surface area contributed by atoms with E-state index in [4.69, 9.17) is 62.8 Å². The van der Waals surface area contributed by atoms with Crippen molar-refractivity contribution in [3.8, 4) is 0 Å². The van der Waals surface area contributed by atoms with Crippen molar-refractivity contribution in [1.29, 1.82) is 0 Å². The topological polar surface area (TPSA) is 313 Å². The van der Waals surface area contributed by atoms with Gasteiger partial charge in [-0.3, -0.25) is 0 Å². The van der Waals surface area contributed by atoms with Crippen LogP contribution < -0.4 is 34.4 Å². The predicted molar refractivity (Wildman–Crippen MR) is 135 cm³/mol. The Hall–Kier alpha value is -1.10. The fourth-order valence-electron chi connectivity index (χ4n) is 5.40. The van der Waals surface area contributed by atoms with Crippen LogP contribution in [0.25, 0.3) is 0 Å². The quantitative estimate of drug-likeness (QED) is 0.121. The molecule has 0 spiro atoms. The lowest BCUT2D eigenvalue weighted by molar-refractivity contribution is -0.282. The van der Waals surface area contributed by atoms with E-state index >= 15 is 0 Å². The van der Waals surface area contributed by atoms with Crippen LogP contribution in [0.4, 0.5) is 0 Å². The average Bonchev–Trinajstić information content (AvgIpc) is 3.23. The molecule has 4 rings (SSSR count). The summed E-state index contributed by atoms with van der Waals surface area (Å²) >= 11 is 0. The number of aliphatic hydroxyl groups excluding tert-OH is 5. The molecule has 0 amide bonds. The van der Waals surface area contributed by atoms with E-state index in [1.54, 1.807) is 6.08 Å². The highest BCUT2D eigenvalue weighted by molar-refractivity contribution is 5.04. The van der Waals surface area contributed by atoms with Gasteiger partial charge in [-0.1, -0.05) is 0 Å². The summed E-state index contributed by atoms with van der Waals surface area (Å²) in [4.78, 5) is 0. The average molecular weight is 581 g/mol. The van der Waals surface area contributed by atoms with Crippen LogP contribution in [0.15, 0.2) is 11.8 Å². The highest BCUT2D eigenvalue weighted by Crippen LogP contribution is 2.34. The van der Waals surface area contributed by atoms with Gasteiger partial charge in [-0.15, -0.1) is 0 Å². The Morgan fingerprint density at radius 2 is 1.38 bits per heavy atom. The molecule has 0 radical (unpaired) electrons. The molecule has 3 fully saturated rings. The van der Waals surface area contributed by atoms with Crippen molar-refractivity contribution in [1.82, 2.24) is 0 Å². The van der Waals surface area contributed by atoms with E-state index in [2.05, 4.69) is 0 Å². The van der Waals surface area contributed by atoms with E-state index in [9.17, 15) is 25.5 Å². The van der Waals surface area contributed by atoms with Crippen LogP contribution in [0.1, 0.15) is 12.8 Å². The van der Waals surface area contributed by atoms with Gasteiger partial charge in [-0.05, 0) is 18.9 Å². The Labute approximate surface area is 231 Å². The number of aliphatic hydroxyl groups is 5. The molecule has 17 nitrogen and oxygen atoms in total. The molecule has 4 aliphatic rings. The fraction of sp³-hybridized carbons (Fsp3) is 0.913. The summed E-state index contributed by atoms with van der Waals surface area (Å²) < 4.78 is 35.0. The first-order valence-electron chi connectivity index (χ1n) is 13.4. The van der Waals surface area contributed by atoms with Crippen LogP contribution >= 0.6 is 0 Å². The molecule has 16 atom stereocenters. The molecular weight excluding hydrogens is 536 g/mol. The third kappa shape index (κ3) is 6.45. The largest absolute Gasteiger partial charge is 0.467 e. The molecule has 1 aliphatic carbocycles. The van der Waals surface area contributed by atoms with Gasteiger partial charge in [0.05, 0.1) is 31.3 Å². The summed E-state index contributed by atoms with van der Waals surface area (Å²) in [7, 11) is 0. The normalized spacial score (nSPS) is 49.9. The van der Waals surface area contributed by atoms with Gasteiger partial charge in [0.25, 0.3) is 0 Å². The van der Waals surface area contributed by atoms with Gasteiger partial charge in [-0.25, -0.2) is 0 Å². The zero-order valence-electron chi connectivity index (χ0n) is 22.0. The first-order chi connectivity index (χ1) is 19.0. The molecule has 2 saturated heterocycles. The molecule has 3 heterocycles. The third-order valence-electron chi connectivity index (χ3n) is 7.83. The van der Waals surface area contributed by atoms with E-state index in [-0.39, 0.29) is 19.5 Å². The Kier molecular flexibility index (Phi) is 10.7. The SMILES string of the molecule is NCC1=CC[C@@H](N)[C@@H](O[C@H]2[C@H](O[C@@H]3O[C@H](CO)[C@@H](O[C@H]4O[C@@H](CN)[C@H](O)[C@H](O)[C@H]4N)[C@H]3O)[C@@H](O)[C@H](N)C[C@@H]2N)O1. The number of rotatable bonds is 9. The summed E-state index contributed by atoms with van der Waals surface area (Å²) in [5.74, 6) is 0.490. The smallest absolute Gasteiger partial charge is 0.215 e. The number of hydrogen-bond acceptors (Lipinski definition) is 17. The molecule has 3 aliphatic heterocycles. The minimum absolute atomic E-state index is 0.137. The summed E-state index contributed by atoms with van der Waals surface area (Å²) in [5.41, 5.74) is 35.9. The Bertz CT molecular complexity index is 860. The zero-order chi connectivity index (χ0) is 29.3. The maximum absolute atomic E-state index is 11.1. The van der Waals surface area contributed by atoms with Gasteiger partial charge in [-0.2, -0.15) is 0 Å². The minimum atomic E-state index is -1.53. The number of ether oxygens (including phenoxy) is 6. The molecule has 0 bridgehead atoms. The van der Waals surface area contributed by atoms with E-state index < -0.39 is 105 Å². The van der Waals surface area contributed by atoms with Gasteiger partial charge in [0.2, 0.25) is 6.29 Å². The van der Waals surface area contributed by atoms with Gasteiger partial charge in [0.1, 0.15) is 54.6 Å². The second-order valence-electron chi connectivity index (χ2n) is 10.7. The molecule has 0 aromatic carbocycles. The van der Waals surface area contributed by atoms with Crippen molar-refractivity contribution >= 4 is 0 Å². The van der Waals surface area contributed by atoms with Crippen molar-refractivity contribution < 1.29 is 54.0 Å². The van der Waals surface area contributed by atoms with Gasteiger partial charge in [0, 0.05) is 18.6 Å². The molecule has 17 heteroatoms. The summed E-state index contributed by atoms with van der Waals surface area (Å²) in [6.07, 6.45) is -12.4. The lowest BCUT2D eigenvalue weighted by Gasteiger charge is -2.45. The highest BCUT2D eigenvalue weighted by Gasteiger charge is 2.53. The highest BCUT2D eigenvalue weighted by atomic mass is 16.8. The van der Waals surface area contributed by atoms with Gasteiger partial charge >= 0.3 is 0 Å². The minimum Gasteiger partial charge on any atom is -0.467 e. The van der Waals surface area contributed by atoms with Crippen LogP contribution in [0.3, 0.4) is 0 Å². The molecule has 232 valence electrons. The van der Waals surface area contributed by atoms with Crippen LogP contribution in [-0.2, 0) is 28.4 Å². The molecule has 0 aromatic heterocycles. The molecule has 17 N–H and O–H groups in total. The van der Waals surface area contributed by atoms with Crippen molar-refractivity contribution in [3.63, 3.8) is 0 Å². The van der Waals surface area contributed by atoms with Gasteiger partial charge < -0.3 is 88.4 Å².